The van der Waals surface area contributed by atoms with Gasteiger partial charge < -0.3 is 15.8 Å². The van der Waals surface area contributed by atoms with Crippen molar-refractivity contribution < 1.29 is 4.92 Å². The summed E-state index contributed by atoms with van der Waals surface area (Å²) in [5.74, 6) is 0.353. The second kappa shape index (κ2) is 4.29. The molecule has 1 heterocycles. The zero-order valence-corrected chi connectivity index (χ0v) is 9.43. The van der Waals surface area contributed by atoms with Gasteiger partial charge in [0.05, 0.1) is 5.56 Å². The van der Waals surface area contributed by atoms with Crippen LogP contribution in [0.2, 0.25) is 0 Å². The van der Waals surface area contributed by atoms with Crippen molar-refractivity contribution in [2.75, 3.05) is 5.73 Å². The molecule has 0 spiro atoms. The molecule has 88 valence electrons. The van der Waals surface area contributed by atoms with Gasteiger partial charge in [-0.25, -0.2) is 4.98 Å². The SMILES string of the molecule is Cc1c([N+](=O)[O-])[nH]c(N)c1Cc1ccccc1. The van der Waals surface area contributed by atoms with E-state index in [4.69, 9.17) is 5.73 Å². The molecule has 0 amide bonds. The third kappa shape index (κ3) is 2.13. The molecular formula is C12H13N3O2. The van der Waals surface area contributed by atoms with Gasteiger partial charge in [0.15, 0.2) is 5.82 Å². The quantitative estimate of drug-likeness (QED) is 0.628. The van der Waals surface area contributed by atoms with E-state index in [-0.39, 0.29) is 5.82 Å². The smallest absolute Gasteiger partial charge is 0.325 e. The van der Waals surface area contributed by atoms with Crippen LogP contribution in [0.5, 0.6) is 0 Å². The number of hydrogen-bond acceptors (Lipinski definition) is 3. The van der Waals surface area contributed by atoms with Crippen molar-refractivity contribution >= 4 is 11.6 Å². The topological polar surface area (TPSA) is 85.0 Å². The Morgan fingerprint density at radius 2 is 2.00 bits per heavy atom. The highest BCUT2D eigenvalue weighted by Crippen LogP contribution is 2.28. The van der Waals surface area contributed by atoms with Crippen LogP contribution >= 0.6 is 0 Å². The molecule has 0 aliphatic rings. The largest absolute Gasteiger partial charge is 0.366 e. The molecule has 5 heteroatoms. The summed E-state index contributed by atoms with van der Waals surface area (Å²) >= 11 is 0. The summed E-state index contributed by atoms with van der Waals surface area (Å²) in [5.41, 5.74) is 8.25. The van der Waals surface area contributed by atoms with Crippen LogP contribution in [0.3, 0.4) is 0 Å². The maximum atomic E-state index is 10.8. The lowest BCUT2D eigenvalue weighted by atomic mass is 10.0. The first-order chi connectivity index (χ1) is 8.09. The lowest BCUT2D eigenvalue weighted by molar-refractivity contribution is -0.389. The van der Waals surface area contributed by atoms with Gasteiger partial charge in [-0.15, -0.1) is 0 Å². The number of benzene rings is 1. The Morgan fingerprint density at radius 1 is 1.35 bits per heavy atom. The molecule has 2 aromatic rings. The van der Waals surface area contributed by atoms with E-state index in [0.717, 1.165) is 11.1 Å². The van der Waals surface area contributed by atoms with Crippen LogP contribution < -0.4 is 5.73 Å². The number of nitrogens with zero attached hydrogens (tertiary/aromatic N) is 1. The van der Waals surface area contributed by atoms with Crippen molar-refractivity contribution in [1.29, 1.82) is 0 Å². The van der Waals surface area contributed by atoms with Gasteiger partial charge in [0, 0.05) is 12.0 Å². The van der Waals surface area contributed by atoms with E-state index < -0.39 is 4.92 Å². The lowest BCUT2D eigenvalue weighted by Crippen LogP contribution is -1.94. The summed E-state index contributed by atoms with van der Waals surface area (Å²) < 4.78 is 0. The van der Waals surface area contributed by atoms with Crippen LogP contribution in [-0.4, -0.2) is 9.91 Å². The van der Waals surface area contributed by atoms with Crippen LogP contribution in [0.4, 0.5) is 11.6 Å². The minimum Gasteiger partial charge on any atom is -0.366 e. The summed E-state index contributed by atoms with van der Waals surface area (Å²) in [4.78, 5) is 12.9. The minimum absolute atomic E-state index is 0.0200. The minimum atomic E-state index is -0.444. The highest BCUT2D eigenvalue weighted by atomic mass is 16.6. The molecule has 0 bridgehead atoms. The monoisotopic (exact) mass is 231 g/mol. The Labute approximate surface area is 98.4 Å². The first-order valence-corrected chi connectivity index (χ1v) is 5.25. The van der Waals surface area contributed by atoms with E-state index in [1.54, 1.807) is 6.92 Å². The molecule has 17 heavy (non-hydrogen) atoms. The second-order valence-electron chi connectivity index (χ2n) is 3.91. The Hall–Kier alpha value is -2.30. The third-order valence-electron chi connectivity index (χ3n) is 2.79. The van der Waals surface area contributed by atoms with Gasteiger partial charge in [0.2, 0.25) is 0 Å². The average Bonchev–Trinajstić information content (AvgIpc) is 2.58. The number of nitrogens with two attached hydrogens (primary N) is 1. The normalized spacial score (nSPS) is 10.4. The van der Waals surface area contributed by atoms with E-state index in [0.29, 0.717) is 17.8 Å². The number of aromatic amines is 1. The Balaban J connectivity index is 2.37. The van der Waals surface area contributed by atoms with Gasteiger partial charge >= 0.3 is 5.82 Å². The first kappa shape index (κ1) is 11.2. The Morgan fingerprint density at radius 3 is 2.53 bits per heavy atom. The highest BCUT2D eigenvalue weighted by Gasteiger charge is 2.20. The fraction of sp³-hybridized carbons (Fsp3) is 0.167. The molecule has 1 aromatic carbocycles. The summed E-state index contributed by atoms with van der Waals surface area (Å²) in [5, 5.41) is 10.8. The van der Waals surface area contributed by atoms with E-state index in [1.807, 2.05) is 30.3 Å². The summed E-state index contributed by atoms with van der Waals surface area (Å²) in [6.07, 6.45) is 0.600. The molecule has 1 aromatic heterocycles. The van der Waals surface area contributed by atoms with Gasteiger partial charge in [-0.05, 0) is 17.4 Å². The predicted octanol–water partition coefficient (Wildman–Crippen LogP) is 2.40. The van der Waals surface area contributed by atoms with Gasteiger partial charge in [-0.3, -0.25) is 0 Å². The van der Waals surface area contributed by atoms with Gasteiger partial charge in [0.25, 0.3) is 0 Å². The highest BCUT2D eigenvalue weighted by molar-refractivity contribution is 5.56. The Bertz CT molecular complexity index is 546. The number of H-pyrrole nitrogens is 1. The van der Waals surface area contributed by atoms with Crippen molar-refractivity contribution in [1.82, 2.24) is 4.98 Å². The molecule has 2 rings (SSSR count). The third-order valence-corrected chi connectivity index (χ3v) is 2.79. The van der Waals surface area contributed by atoms with Crippen LogP contribution in [0.15, 0.2) is 30.3 Å². The number of rotatable bonds is 3. The molecule has 0 saturated heterocycles. The summed E-state index contributed by atoms with van der Waals surface area (Å²) in [6.45, 7) is 1.71. The van der Waals surface area contributed by atoms with Crippen LogP contribution in [0.25, 0.3) is 0 Å². The van der Waals surface area contributed by atoms with Crippen molar-refractivity contribution in [3.05, 3.63) is 57.1 Å². The van der Waals surface area contributed by atoms with Crippen molar-refractivity contribution in [2.45, 2.75) is 13.3 Å². The van der Waals surface area contributed by atoms with E-state index in [9.17, 15) is 10.1 Å². The lowest BCUT2D eigenvalue weighted by Gasteiger charge is -2.00. The molecule has 0 aliphatic heterocycles. The molecule has 0 atom stereocenters. The standard InChI is InChI=1S/C12H13N3O2/c1-8-10(7-9-5-3-2-4-6-9)11(13)14-12(8)15(16)17/h2-6,14H,7,13H2,1H3. The maximum absolute atomic E-state index is 10.8. The summed E-state index contributed by atoms with van der Waals surface area (Å²) in [7, 11) is 0. The van der Waals surface area contributed by atoms with E-state index in [1.165, 1.54) is 0 Å². The molecule has 0 aliphatic carbocycles. The zero-order chi connectivity index (χ0) is 12.4. The maximum Gasteiger partial charge on any atom is 0.325 e. The fourth-order valence-electron chi connectivity index (χ4n) is 1.85. The molecule has 0 fully saturated rings. The fourth-order valence-corrected chi connectivity index (χ4v) is 1.85. The predicted molar refractivity (Wildman–Crippen MR) is 65.8 cm³/mol. The number of nitrogen functional groups attached to an aromatic ring is 1. The van der Waals surface area contributed by atoms with Crippen molar-refractivity contribution in [3.63, 3.8) is 0 Å². The summed E-state index contributed by atoms with van der Waals surface area (Å²) in [6, 6.07) is 9.73. The Kier molecular flexibility index (Phi) is 2.82. The van der Waals surface area contributed by atoms with Crippen molar-refractivity contribution in [2.24, 2.45) is 0 Å². The molecular weight excluding hydrogens is 218 g/mol. The molecule has 0 unspecified atom stereocenters. The number of anilines is 1. The van der Waals surface area contributed by atoms with Gasteiger partial charge in [-0.2, -0.15) is 0 Å². The van der Waals surface area contributed by atoms with Crippen LogP contribution in [0.1, 0.15) is 16.7 Å². The number of nitro groups is 1. The second-order valence-corrected chi connectivity index (χ2v) is 3.91. The number of hydrogen-bond donors (Lipinski definition) is 2. The number of nitrogens with one attached hydrogen (secondary N) is 1. The van der Waals surface area contributed by atoms with Crippen LogP contribution in [-0.2, 0) is 6.42 Å². The van der Waals surface area contributed by atoms with E-state index in [2.05, 4.69) is 4.98 Å². The zero-order valence-electron chi connectivity index (χ0n) is 9.43. The molecule has 0 saturated carbocycles. The molecule has 0 radical (unpaired) electrons. The van der Waals surface area contributed by atoms with Gasteiger partial charge in [-0.1, -0.05) is 30.3 Å². The molecule has 5 nitrogen and oxygen atoms in total. The van der Waals surface area contributed by atoms with Crippen LogP contribution in [0, 0.1) is 17.0 Å². The van der Waals surface area contributed by atoms with Gasteiger partial charge in [0.1, 0.15) is 0 Å². The molecule has 3 N–H and O–H groups in total. The number of aromatic nitrogens is 1. The van der Waals surface area contributed by atoms with E-state index >= 15 is 0 Å². The average molecular weight is 231 g/mol. The first-order valence-electron chi connectivity index (χ1n) is 5.25. The van der Waals surface area contributed by atoms with Crippen molar-refractivity contribution in [3.8, 4) is 0 Å².